The standard InChI is InChI=1S/C13H21BrN2/c1-4-5-10(2)13(15-3)8-12-7-6-11(14)9-16-12/h6-7,9-10,13,15H,4-5,8H2,1-3H3. The molecule has 1 aromatic rings. The number of rotatable bonds is 6. The maximum absolute atomic E-state index is 4.42. The first kappa shape index (κ1) is 13.7. The van der Waals surface area contributed by atoms with Crippen molar-refractivity contribution in [2.75, 3.05) is 7.05 Å². The number of halogens is 1. The molecule has 3 heteroatoms. The molecule has 0 fully saturated rings. The number of hydrogen-bond donors (Lipinski definition) is 1. The van der Waals surface area contributed by atoms with Crippen molar-refractivity contribution in [1.29, 1.82) is 0 Å². The van der Waals surface area contributed by atoms with Gasteiger partial charge in [0.25, 0.3) is 0 Å². The van der Waals surface area contributed by atoms with Crippen LogP contribution in [0.25, 0.3) is 0 Å². The lowest BCUT2D eigenvalue weighted by atomic mass is 9.93. The molecule has 0 bridgehead atoms. The van der Waals surface area contributed by atoms with Crippen LogP contribution in [0.15, 0.2) is 22.8 Å². The van der Waals surface area contributed by atoms with Crippen LogP contribution in [0.5, 0.6) is 0 Å². The number of pyridine rings is 1. The molecule has 0 saturated carbocycles. The Bertz CT molecular complexity index is 297. The molecule has 1 rings (SSSR count). The second-order valence-electron chi connectivity index (χ2n) is 4.33. The lowest BCUT2D eigenvalue weighted by Gasteiger charge is -2.22. The Labute approximate surface area is 107 Å². The second-order valence-corrected chi connectivity index (χ2v) is 5.25. The largest absolute Gasteiger partial charge is 0.316 e. The van der Waals surface area contributed by atoms with E-state index in [-0.39, 0.29) is 0 Å². The molecule has 0 aliphatic heterocycles. The van der Waals surface area contributed by atoms with Crippen LogP contribution in [0, 0.1) is 5.92 Å². The van der Waals surface area contributed by atoms with Gasteiger partial charge in [-0.1, -0.05) is 20.3 Å². The minimum absolute atomic E-state index is 0.522. The molecule has 0 spiro atoms. The van der Waals surface area contributed by atoms with E-state index in [0.29, 0.717) is 12.0 Å². The molecule has 0 aliphatic carbocycles. The van der Waals surface area contributed by atoms with Crippen LogP contribution in [-0.4, -0.2) is 18.1 Å². The van der Waals surface area contributed by atoms with Crippen molar-refractivity contribution < 1.29 is 0 Å². The average molecular weight is 285 g/mol. The van der Waals surface area contributed by atoms with E-state index in [1.54, 1.807) is 0 Å². The van der Waals surface area contributed by atoms with Gasteiger partial charge in [0.05, 0.1) is 0 Å². The predicted octanol–water partition coefficient (Wildman–Crippen LogP) is 3.41. The summed E-state index contributed by atoms with van der Waals surface area (Å²) in [6, 6.07) is 4.67. The lowest BCUT2D eigenvalue weighted by molar-refractivity contribution is 0.369. The number of hydrogen-bond acceptors (Lipinski definition) is 2. The molecule has 0 aromatic carbocycles. The Morgan fingerprint density at radius 3 is 2.69 bits per heavy atom. The van der Waals surface area contributed by atoms with Gasteiger partial charge in [-0.05, 0) is 47.4 Å². The van der Waals surface area contributed by atoms with Gasteiger partial charge in [0.15, 0.2) is 0 Å². The molecule has 0 aliphatic rings. The summed E-state index contributed by atoms with van der Waals surface area (Å²) in [5, 5.41) is 3.40. The molecule has 1 aromatic heterocycles. The zero-order valence-electron chi connectivity index (χ0n) is 10.3. The topological polar surface area (TPSA) is 24.9 Å². The van der Waals surface area contributed by atoms with E-state index in [1.165, 1.54) is 12.8 Å². The first-order valence-corrected chi connectivity index (χ1v) is 6.74. The van der Waals surface area contributed by atoms with Crippen LogP contribution in [0.2, 0.25) is 0 Å². The minimum atomic E-state index is 0.522. The van der Waals surface area contributed by atoms with E-state index in [2.05, 4.69) is 52.2 Å². The summed E-state index contributed by atoms with van der Waals surface area (Å²) in [6.45, 7) is 4.55. The molecule has 2 unspecified atom stereocenters. The minimum Gasteiger partial charge on any atom is -0.316 e. The van der Waals surface area contributed by atoms with Gasteiger partial charge in [-0.3, -0.25) is 4.98 Å². The summed E-state index contributed by atoms with van der Waals surface area (Å²) in [5.41, 5.74) is 1.16. The van der Waals surface area contributed by atoms with Crippen LogP contribution < -0.4 is 5.32 Å². The van der Waals surface area contributed by atoms with Crippen molar-refractivity contribution in [2.45, 2.75) is 39.2 Å². The molecule has 0 radical (unpaired) electrons. The third-order valence-electron chi connectivity index (χ3n) is 3.02. The van der Waals surface area contributed by atoms with E-state index in [1.807, 2.05) is 13.2 Å². The molecule has 1 N–H and O–H groups in total. The molecule has 0 amide bonds. The fraction of sp³-hybridized carbons (Fsp3) is 0.615. The van der Waals surface area contributed by atoms with Crippen molar-refractivity contribution >= 4 is 15.9 Å². The second kappa shape index (κ2) is 7.02. The normalized spacial score (nSPS) is 14.8. The smallest absolute Gasteiger partial charge is 0.0420 e. The summed E-state index contributed by atoms with van der Waals surface area (Å²) < 4.78 is 1.04. The van der Waals surface area contributed by atoms with Gasteiger partial charge in [0.2, 0.25) is 0 Å². The first-order valence-electron chi connectivity index (χ1n) is 5.95. The lowest BCUT2D eigenvalue weighted by Crippen LogP contribution is -2.34. The molecule has 90 valence electrons. The van der Waals surface area contributed by atoms with Crippen molar-refractivity contribution in [3.8, 4) is 0 Å². The van der Waals surface area contributed by atoms with E-state index in [0.717, 1.165) is 16.6 Å². The Balaban J connectivity index is 2.59. The van der Waals surface area contributed by atoms with Crippen LogP contribution >= 0.6 is 15.9 Å². The van der Waals surface area contributed by atoms with Crippen LogP contribution in [0.4, 0.5) is 0 Å². The van der Waals surface area contributed by atoms with Crippen molar-refractivity contribution in [3.05, 3.63) is 28.5 Å². The highest BCUT2D eigenvalue weighted by atomic mass is 79.9. The van der Waals surface area contributed by atoms with Crippen LogP contribution in [0.1, 0.15) is 32.4 Å². The van der Waals surface area contributed by atoms with Gasteiger partial charge >= 0.3 is 0 Å². The van der Waals surface area contributed by atoms with Crippen LogP contribution in [-0.2, 0) is 6.42 Å². The molecule has 1 heterocycles. The summed E-state index contributed by atoms with van der Waals surface area (Å²) in [6.07, 6.45) is 5.38. The maximum atomic E-state index is 4.42. The zero-order chi connectivity index (χ0) is 12.0. The predicted molar refractivity (Wildman–Crippen MR) is 72.6 cm³/mol. The molecule has 0 saturated heterocycles. The van der Waals surface area contributed by atoms with Gasteiger partial charge in [-0.25, -0.2) is 0 Å². The van der Waals surface area contributed by atoms with Crippen molar-refractivity contribution in [1.82, 2.24) is 10.3 Å². The van der Waals surface area contributed by atoms with Gasteiger partial charge in [-0.15, -0.1) is 0 Å². The van der Waals surface area contributed by atoms with E-state index in [4.69, 9.17) is 0 Å². The highest BCUT2D eigenvalue weighted by Crippen LogP contribution is 2.15. The maximum Gasteiger partial charge on any atom is 0.0420 e. The first-order chi connectivity index (χ1) is 7.67. The summed E-state index contributed by atoms with van der Waals surface area (Å²) in [7, 11) is 2.04. The number of nitrogens with one attached hydrogen (secondary N) is 1. The zero-order valence-corrected chi connectivity index (χ0v) is 11.9. The van der Waals surface area contributed by atoms with E-state index >= 15 is 0 Å². The highest BCUT2D eigenvalue weighted by molar-refractivity contribution is 9.10. The molecule has 2 atom stereocenters. The molecular weight excluding hydrogens is 264 g/mol. The van der Waals surface area contributed by atoms with Crippen molar-refractivity contribution in [3.63, 3.8) is 0 Å². The Morgan fingerprint density at radius 1 is 1.44 bits per heavy atom. The summed E-state index contributed by atoms with van der Waals surface area (Å²) >= 11 is 3.40. The SMILES string of the molecule is CCCC(C)C(Cc1ccc(Br)cn1)NC. The van der Waals surface area contributed by atoms with Gasteiger partial charge in [0, 0.05) is 28.8 Å². The van der Waals surface area contributed by atoms with Gasteiger partial charge < -0.3 is 5.32 Å². The van der Waals surface area contributed by atoms with Crippen molar-refractivity contribution in [2.24, 2.45) is 5.92 Å². The molecule has 2 nitrogen and oxygen atoms in total. The third-order valence-corrected chi connectivity index (χ3v) is 3.49. The van der Waals surface area contributed by atoms with E-state index < -0.39 is 0 Å². The third kappa shape index (κ3) is 4.22. The fourth-order valence-corrected chi connectivity index (χ4v) is 2.23. The average Bonchev–Trinajstić information content (AvgIpc) is 2.28. The molecular formula is C13H21BrN2. The fourth-order valence-electron chi connectivity index (χ4n) is 2.00. The molecule has 16 heavy (non-hydrogen) atoms. The Hall–Kier alpha value is -0.410. The monoisotopic (exact) mass is 284 g/mol. The number of likely N-dealkylation sites (N-methyl/N-ethyl adjacent to an activating group) is 1. The Morgan fingerprint density at radius 2 is 2.19 bits per heavy atom. The van der Waals surface area contributed by atoms with Crippen LogP contribution in [0.3, 0.4) is 0 Å². The number of aromatic nitrogens is 1. The van der Waals surface area contributed by atoms with Gasteiger partial charge in [0.1, 0.15) is 0 Å². The summed E-state index contributed by atoms with van der Waals surface area (Å²) in [4.78, 5) is 4.42. The highest BCUT2D eigenvalue weighted by Gasteiger charge is 2.15. The van der Waals surface area contributed by atoms with E-state index in [9.17, 15) is 0 Å². The Kier molecular flexibility index (Phi) is 5.99. The summed E-state index contributed by atoms with van der Waals surface area (Å²) in [5.74, 6) is 0.695. The quantitative estimate of drug-likeness (QED) is 0.866. The van der Waals surface area contributed by atoms with Gasteiger partial charge in [-0.2, -0.15) is 0 Å². The number of nitrogens with zero attached hydrogens (tertiary/aromatic N) is 1.